The maximum absolute atomic E-state index is 12.5. The highest BCUT2D eigenvalue weighted by Gasteiger charge is 2.44. The maximum Gasteiger partial charge on any atom is 0.309 e. The lowest BCUT2D eigenvalue weighted by Gasteiger charge is -2.32. The van der Waals surface area contributed by atoms with Crippen LogP contribution in [0.1, 0.15) is 19.5 Å². The molecule has 3 heterocycles. The summed E-state index contributed by atoms with van der Waals surface area (Å²) >= 11 is 5.97. The van der Waals surface area contributed by atoms with E-state index >= 15 is 0 Å². The van der Waals surface area contributed by atoms with Crippen LogP contribution < -0.4 is 5.56 Å². The van der Waals surface area contributed by atoms with Gasteiger partial charge in [-0.25, -0.2) is 4.98 Å². The average Bonchev–Trinajstić information content (AvgIpc) is 3.04. The van der Waals surface area contributed by atoms with E-state index in [2.05, 4.69) is 29.0 Å². The van der Waals surface area contributed by atoms with E-state index in [0.29, 0.717) is 29.7 Å². The molecule has 1 aliphatic carbocycles. The van der Waals surface area contributed by atoms with E-state index in [1.807, 2.05) is 6.92 Å². The number of carbonyl (C=O) groups is 1. The molecule has 1 saturated heterocycles. The van der Waals surface area contributed by atoms with Crippen molar-refractivity contribution in [2.75, 3.05) is 19.7 Å². The van der Waals surface area contributed by atoms with Gasteiger partial charge in [0.05, 0.1) is 23.2 Å². The lowest BCUT2D eigenvalue weighted by Crippen LogP contribution is -2.37. The van der Waals surface area contributed by atoms with E-state index in [0.717, 1.165) is 18.8 Å². The number of rotatable bonds is 4. The van der Waals surface area contributed by atoms with Crippen LogP contribution in [0.4, 0.5) is 0 Å². The molecule has 2 aromatic rings. The molecule has 0 saturated carbocycles. The van der Waals surface area contributed by atoms with Gasteiger partial charge < -0.3 is 4.74 Å². The van der Waals surface area contributed by atoms with Crippen molar-refractivity contribution in [1.82, 2.24) is 14.3 Å². The Kier molecular flexibility index (Phi) is 5.25. The van der Waals surface area contributed by atoms with E-state index in [4.69, 9.17) is 16.3 Å². The standard InChI is InChI=1S/C21H24ClN3O3/c1-3-28-21(27)20-13(2)4-5-14-9-24(12-17(14)20)11-16-8-19(26)25-10-15(22)6-7-18(25)23-16/h4-8,10,13-14,17,20H,3,9,11-12H2,1-2H3/t13-,14-,17+,20+/m0/s1. The van der Waals surface area contributed by atoms with Crippen molar-refractivity contribution in [3.63, 3.8) is 0 Å². The second-order valence-electron chi connectivity index (χ2n) is 7.70. The first-order chi connectivity index (χ1) is 13.5. The summed E-state index contributed by atoms with van der Waals surface area (Å²) in [5.74, 6) is 0.520. The lowest BCUT2D eigenvalue weighted by molar-refractivity contribution is -0.152. The first-order valence-corrected chi connectivity index (χ1v) is 10.1. The quantitative estimate of drug-likeness (QED) is 0.582. The van der Waals surface area contributed by atoms with Gasteiger partial charge in [0.2, 0.25) is 0 Å². The third-order valence-corrected chi connectivity index (χ3v) is 6.02. The number of nitrogens with zero attached hydrogens (tertiary/aromatic N) is 3. The van der Waals surface area contributed by atoms with Crippen molar-refractivity contribution in [1.29, 1.82) is 0 Å². The fourth-order valence-electron chi connectivity index (χ4n) is 4.55. The minimum Gasteiger partial charge on any atom is -0.466 e. The number of carbonyl (C=O) groups excluding carboxylic acids is 1. The van der Waals surface area contributed by atoms with E-state index in [9.17, 15) is 9.59 Å². The topological polar surface area (TPSA) is 63.9 Å². The summed E-state index contributed by atoms with van der Waals surface area (Å²) in [7, 11) is 0. The van der Waals surface area contributed by atoms with Crippen LogP contribution in [0.15, 0.2) is 41.3 Å². The molecule has 7 heteroatoms. The molecule has 1 fully saturated rings. The smallest absolute Gasteiger partial charge is 0.309 e. The van der Waals surface area contributed by atoms with E-state index < -0.39 is 0 Å². The number of esters is 1. The number of allylic oxidation sites excluding steroid dienone is 1. The molecule has 0 N–H and O–H groups in total. The second kappa shape index (κ2) is 7.68. The fraction of sp³-hybridized carbons (Fsp3) is 0.476. The van der Waals surface area contributed by atoms with Crippen molar-refractivity contribution in [2.45, 2.75) is 20.4 Å². The van der Waals surface area contributed by atoms with Gasteiger partial charge in [-0.1, -0.05) is 30.7 Å². The zero-order chi connectivity index (χ0) is 19.8. The number of ether oxygens (including phenoxy) is 1. The number of hydrogen-bond donors (Lipinski definition) is 0. The Hall–Kier alpha value is -2.18. The molecule has 2 aliphatic rings. The fourth-order valence-corrected chi connectivity index (χ4v) is 4.71. The molecule has 1 aliphatic heterocycles. The monoisotopic (exact) mass is 401 g/mol. The van der Waals surface area contributed by atoms with Crippen LogP contribution in [0.3, 0.4) is 0 Å². The molecule has 4 atom stereocenters. The van der Waals surface area contributed by atoms with Crippen molar-refractivity contribution in [3.8, 4) is 0 Å². The van der Waals surface area contributed by atoms with Gasteiger partial charge in [0.15, 0.2) is 0 Å². The first-order valence-electron chi connectivity index (χ1n) is 9.71. The van der Waals surface area contributed by atoms with Crippen LogP contribution in [0.2, 0.25) is 5.02 Å². The van der Waals surface area contributed by atoms with Crippen LogP contribution in [-0.4, -0.2) is 40.0 Å². The van der Waals surface area contributed by atoms with Gasteiger partial charge in [0.1, 0.15) is 5.65 Å². The second-order valence-corrected chi connectivity index (χ2v) is 8.14. The number of fused-ring (bicyclic) bond motifs is 2. The van der Waals surface area contributed by atoms with Crippen LogP contribution >= 0.6 is 11.6 Å². The maximum atomic E-state index is 12.5. The van der Waals surface area contributed by atoms with Crippen LogP contribution in [0, 0.1) is 23.7 Å². The summed E-state index contributed by atoms with van der Waals surface area (Å²) in [6.07, 6.45) is 5.95. The van der Waals surface area contributed by atoms with Gasteiger partial charge in [-0.05, 0) is 36.8 Å². The van der Waals surface area contributed by atoms with Gasteiger partial charge in [0, 0.05) is 31.9 Å². The molecule has 0 bridgehead atoms. The number of likely N-dealkylation sites (tertiary alicyclic amines) is 1. The number of aromatic nitrogens is 2. The Morgan fingerprint density at radius 2 is 2.14 bits per heavy atom. The third-order valence-electron chi connectivity index (χ3n) is 5.80. The molecule has 148 valence electrons. The molecule has 0 amide bonds. The van der Waals surface area contributed by atoms with Gasteiger partial charge in [-0.15, -0.1) is 0 Å². The molecule has 4 rings (SSSR count). The summed E-state index contributed by atoms with van der Waals surface area (Å²) in [6.45, 7) is 6.56. The highest BCUT2D eigenvalue weighted by molar-refractivity contribution is 6.30. The Labute approximate surface area is 168 Å². The summed E-state index contributed by atoms with van der Waals surface area (Å²) in [5, 5.41) is 0.499. The molecule has 0 unspecified atom stereocenters. The molecule has 28 heavy (non-hydrogen) atoms. The Bertz CT molecular complexity index is 987. The first kappa shape index (κ1) is 19.2. The zero-order valence-electron chi connectivity index (χ0n) is 16.0. The molecule has 2 aromatic heterocycles. The summed E-state index contributed by atoms with van der Waals surface area (Å²) in [6, 6.07) is 5.04. The van der Waals surface area contributed by atoms with Gasteiger partial charge >= 0.3 is 5.97 Å². The predicted molar refractivity (Wildman–Crippen MR) is 107 cm³/mol. The van der Waals surface area contributed by atoms with Gasteiger partial charge in [-0.3, -0.25) is 18.9 Å². The third kappa shape index (κ3) is 3.59. The molecule has 0 aromatic carbocycles. The van der Waals surface area contributed by atoms with Gasteiger partial charge in [0.25, 0.3) is 5.56 Å². The predicted octanol–water partition coefficient (Wildman–Crippen LogP) is 2.78. The average molecular weight is 402 g/mol. The highest BCUT2D eigenvalue weighted by atomic mass is 35.5. The molecular weight excluding hydrogens is 378 g/mol. The largest absolute Gasteiger partial charge is 0.466 e. The number of halogens is 1. The molecule has 0 radical (unpaired) electrons. The summed E-state index contributed by atoms with van der Waals surface area (Å²) < 4.78 is 6.78. The molecule has 6 nitrogen and oxygen atoms in total. The van der Waals surface area contributed by atoms with Crippen LogP contribution in [0.5, 0.6) is 0 Å². The SMILES string of the molecule is CCOC(=O)[C@H]1[C@@H]2CN(Cc3cc(=O)n4cc(Cl)ccc4n3)C[C@@H]2C=C[C@@H]1C. The summed E-state index contributed by atoms with van der Waals surface area (Å²) in [4.78, 5) is 31.8. The Balaban J connectivity index is 1.54. The van der Waals surface area contributed by atoms with E-state index in [1.165, 1.54) is 4.40 Å². The van der Waals surface area contributed by atoms with Crippen molar-refractivity contribution in [3.05, 3.63) is 57.6 Å². The van der Waals surface area contributed by atoms with Crippen LogP contribution in [-0.2, 0) is 16.1 Å². The number of hydrogen-bond acceptors (Lipinski definition) is 5. The van der Waals surface area contributed by atoms with E-state index in [1.54, 1.807) is 24.4 Å². The van der Waals surface area contributed by atoms with Crippen molar-refractivity contribution >= 4 is 23.2 Å². The van der Waals surface area contributed by atoms with E-state index in [-0.39, 0.29) is 29.3 Å². The van der Waals surface area contributed by atoms with Crippen LogP contribution in [0.25, 0.3) is 5.65 Å². The Morgan fingerprint density at radius 3 is 2.93 bits per heavy atom. The summed E-state index contributed by atoms with van der Waals surface area (Å²) in [5.41, 5.74) is 1.18. The minimum atomic E-state index is -0.142. The molecule has 0 spiro atoms. The number of pyridine rings is 1. The molecular formula is C21H24ClN3O3. The minimum absolute atomic E-state index is 0.102. The van der Waals surface area contributed by atoms with Gasteiger partial charge in [-0.2, -0.15) is 0 Å². The lowest BCUT2D eigenvalue weighted by atomic mass is 9.72. The van der Waals surface area contributed by atoms with Crippen molar-refractivity contribution < 1.29 is 9.53 Å². The van der Waals surface area contributed by atoms with Crippen molar-refractivity contribution in [2.24, 2.45) is 23.7 Å². The zero-order valence-corrected chi connectivity index (χ0v) is 16.8. The normalized spacial score (nSPS) is 27.1. The highest BCUT2D eigenvalue weighted by Crippen LogP contribution is 2.40. The Morgan fingerprint density at radius 1 is 1.32 bits per heavy atom.